The Kier molecular flexibility index (Phi) is 5.91. The maximum absolute atomic E-state index is 12.5. The van der Waals surface area contributed by atoms with Crippen molar-refractivity contribution < 1.29 is 9.53 Å². The zero-order chi connectivity index (χ0) is 17.6. The van der Waals surface area contributed by atoms with Gasteiger partial charge in [0.25, 0.3) is 0 Å². The Morgan fingerprint density at radius 2 is 2.00 bits per heavy atom. The van der Waals surface area contributed by atoms with Crippen molar-refractivity contribution in [3.05, 3.63) is 24.3 Å². The van der Waals surface area contributed by atoms with E-state index in [0.29, 0.717) is 17.0 Å². The van der Waals surface area contributed by atoms with E-state index in [0.717, 1.165) is 24.3 Å². The summed E-state index contributed by atoms with van der Waals surface area (Å²) in [5, 5.41) is 12.4. The monoisotopic (exact) mass is 361 g/mol. The van der Waals surface area contributed by atoms with Crippen LogP contribution in [0.2, 0.25) is 0 Å². The number of tetrazole rings is 1. The van der Waals surface area contributed by atoms with Crippen LogP contribution in [0.4, 0.5) is 0 Å². The van der Waals surface area contributed by atoms with Crippen LogP contribution >= 0.6 is 11.8 Å². The lowest BCUT2D eigenvalue weighted by Gasteiger charge is -2.31. The van der Waals surface area contributed by atoms with Crippen LogP contribution in [0.1, 0.15) is 32.1 Å². The molecule has 1 saturated carbocycles. The van der Waals surface area contributed by atoms with Crippen LogP contribution in [-0.4, -0.2) is 57.0 Å². The number of hydrogen-bond acceptors (Lipinski definition) is 6. The molecule has 1 aromatic carbocycles. The van der Waals surface area contributed by atoms with E-state index in [-0.39, 0.29) is 5.91 Å². The van der Waals surface area contributed by atoms with Crippen molar-refractivity contribution in [2.75, 3.05) is 19.9 Å². The normalized spacial score (nSPS) is 15.1. The smallest absolute Gasteiger partial charge is 0.233 e. The number of rotatable bonds is 6. The predicted molar refractivity (Wildman–Crippen MR) is 96.1 cm³/mol. The van der Waals surface area contributed by atoms with Crippen molar-refractivity contribution in [2.24, 2.45) is 0 Å². The third kappa shape index (κ3) is 4.31. The van der Waals surface area contributed by atoms with Crippen LogP contribution in [0.25, 0.3) is 5.69 Å². The van der Waals surface area contributed by atoms with Gasteiger partial charge in [0.15, 0.2) is 0 Å². The number of ether oxygens (including phenoxy) is 1. The van der Waals surface area contributed by atoms with E-state index in [4.69, 9.17) is 4.74 Å². The fraction of sp³-hybridized carbons (Fsp3) is 0.529. The molecule has 1 aromatic heterocycles. The van der Waals surface area contributed by atoms with Gasteiger partial charge in [-0.3, -0.25) is 4.79 Å². The van der Waals surface area contributed by atoms with Gasteiger partial charge in [-0.05, 0) is 47.5 Å². The van der Waals surface area contributed by atoms with Gasteiger partial charge in [0.2, 0.25) is 11.1 Å². The summed E-state index contributed by atoms with van der Waals surface area (Å²) in [6.45, 7) is 0. The second kappa shape index (κ2) is 8.33. The van der Waals surface area contributed by atoms with Crippen molar-refractivity contribution >= 4 is 17.7 Å². The minimum Gasteiger partial charge on any atom is -0.497 e. The summed E-state index contributed by atoms with van der Waals surface area (Å²) in [7, 11) is 3.53. The molecule has 0 aliphatic heterocycles. The number of amides is 1. The number of carbonyl (C=O) groups is 1. The molecule has 0 radical (unpaired) electrons. The molecule has 1 fully saturated rings. The minimum absolute atomic E-state index is 0.126. The summed E-state index contributed by atoms with van der Waals surface area (Å²) in [5.41, 5.74) is 0.835. The van der Waals surface area contributed by atoms with E-state index in [1.54, 1.807) is 11.8 Å². The van der Waals surface area contributed by atoms with Crippen molar-refractivity contribution in [3.8, 4) is 11.4 Å². The molecule has 134 valence electrons. The number of benzene rings is 1. The van der Waals surface area contributed by atoms with Gasteiger partial charge in [-0.25, -0.2) is 0 Å². The molecule has 1 aliphatic carbocycles. The molecule has 1 aliphatic rings. The third-order valence-electron chi connectivity index (χ3n) is 4.60. The summed E-state index contributed by atoms with van der Waals surface area (Å²) in [5.74, 6) is 1.24. The molecule has 0 atom stereocenters. The summed E-state index contributed by atoms with van der Waals surface area (Å²) in [4.78, 5) is 14.4. The molecule has 2 aromatic rings. The maximum Gasteiger partial charge on any atom is 0.233 e. The lowest BCUT2D eigenvalue weighted by atomic mass is 9.94. The molecule has 0 saturated heterocycles. The third-order valence-corrected chi connectivity index (χ3v) is 5.50. The molecule has 0 unspecified atom stereocenters. The van der Waals surface area contributed by atoms with Gasteiger partial charge >= 0.3 is 0 Å². The number of hydrogen-bond donors (Lipinski definition) is 0. The Morgan fingerprint density at radius 1 is 1.28 bits per heavy atom. The first-order valence-electron chi connectivity index (χ1n) is 8.50. The van der Waals surface area contributed by atoms with Gasteiger partial charge in [-0.15, -0.1) is 5.10 Å². The van der Waals surface area contributed by atoms with Gasteiger partial charge in [-0.1, -0.05) is 31.0 Å². The molecule has 0 N–H and O–H groups in total. The molecule has 8 heteroatoms. The molecule has 3 rings (SSSR count). The Hall–Kier alpha value is -2.09. The molecule has 25 heavy (non-hydrogen) atoms. The van der Waals surface area contributed by atoms with Crippen molar-refractivity contribution in [1.82, 2.24) is 25.1 Å². The Balaban J connectivity index is 1.61. The summed E-state index contributed by atoms with van der Waals surface area (Å²) in [6.07, 6.45) is 5.92. The SMILES string of the molecule is COc1ccc(-n2nnnc2SCC(=O)N(C)C2CCCCC2)cc1. The Morgan fingerprint density at radius 3 is 2.68 bits per heavy atom. The van der Waals surface area contributed by atoms with E-state index in [1.165, 1.54) is 31.0 Å². The van der Waals surface area contributed by atoms with E-state index in [2.05, 4.69) is 15.5 Å². The van der Waals surface area contributed by atoms with Gasteiger partial charge in [-0.2, -0.15) is 4.68 Å². The maximum atomic E-state index is 12.5. The number of nitrogens with zero attached hydrogens (tertiary/aromatic N) is 5. The largest absolute Gasteiger partial charge is 0.497 e. The van der Waals surface area contributed by atoms with Gasteiger partial charge < -0.3 is 9.64 Å². The van der Waals surface area contributed by atoms with Crippen molar-refractivity contribution in [1.29, 1.82) is 0 Å². The van der Waals surface area contributed by atoms with Crippen molar-refractivity contribution in [2.45, 2.75) is 43.3 Å². The van der Waals surface area contributed by atoms with E-state index in [9.17, 15) is 4.79 Å². The Bertz CT molecular complexity index is 697. The number of aromatic nitrogens is 4. The topological polar surface area (TPSA) is 73.1 Å². The summed E-state index contributed by atoms with van der Waals surface area (Å²) in [6, 6.07) is 7.85. The van der Waals surface area contributed by atoms with Crippen molar-refractivity contribution in [3.63, 3.8) is 0 Å². The predicted octanol–water partition coefficient (Wildman–Crippen LogP) is 2.55. The van der Waals surface area contributed by atoms with Crippen LogP contribution in [0.5, 0.6) is 5.75 Å². The second-order valence-electron chi connectivity index (χ2n) is 6.16. The highest BCUT2D eigenvalue weighted by Crippen LogP contribution is 2.24. The molecule has 0 bridgehead atoms. The first-order chi connectivity index (χ1) is 12.2. The van der Waals surface area contributed by atoms with E-state index < -0.39 is 0 Å². The van der Waals surface area contributed by atoms with Crippen LogP contribution in [-0.2, 0) is 4.79 Å². The fourth-order valence-electron chi connectivity index (χ4n) is 3.05. The molecule has 7 nitrogen and oxygen atoms in total. The zero-order valence-corrected chi connectivity index (χ0v) is 15.4. The van der Waals surface area contributed by atoms with Gasteiger partial charge in [0.1, 0.15) is 5.75 Å². The van der Waals surface area contributed by atoms with Gasteiger partial charge in [0, 0.05) is 13.1 Å². The lowest BCUT2D eigenvalue weighted by molar-refractivity contribution is -0.129. The summed E-state index contributed by atoms with van der Waals surface area (Å²) < 4.78 is 6.80. The van der Waals surface area contributed by atoms with E-state index >= 15 is 0 Å². The van der Waals surface area contributed by atoms with Gasteiger partial charge in [0.05, 0.1) is 18.6 Å². The van der Waals surface area contributed by atoms with E-state index in [1.807, 2.05) is 36.2 Å². The fourth-order valence-corrected chi connectivity index (χ4v) is 3.87. The minimum atomic E-state index is 0.126. The molecule has 0 spiro atoms. The Labute approximate surface area is 151 Å². The average molecular weight is 361 g/mol. The van der Waals surface area contributed by atoms with Crippen LogP contribution in [0, 0.1) is 0 Å². The van der Waals surface area contributed by atoms with Crippen LogP contribution < -0.4 is 4.74 Å². The molecule has 1 heterocycles. The molecular weight excluding hydrogens is 338 g/mol. The summed E-state index contributed by atoms with van der Waals surface area (Å²) >= 11 is 1.36. The standard InChI is InChI=1S/C17H23N5O2S/c1-21(13-6-4-3-5-7-13)16(23)12-25-17-18-19-20-22(17)14-8-10-15(24-2)11-9-14/h8-11,13H,3-7,12H2,1-2H3. The first-order valence-corrected chi connectivity index (χ1v) is 9.49. The molecular formula is C17H23N5O2S. The number of thioether (sulfide) groups is 1. The quantitative estimate of drug-likeness (QED) is 0.736. The average Bonchev–Trinajstić information content (AvgIpc) is 3.15. The molecule has 1 amide bonds. The van der Waals surface area contributed by atoms with Crippen LogP contribution in [0.3, 0.4) is 0 Å². The second-order valence-corrected chi connectivity index (χ2v) is 7.10. The van der Waals surface area contributed by atoms with Crippen LogP contribution in [0.15, 0.2) is 29.4 Å². The number of methoxy groups -OCH3 is 1. The highest BCUT2D eigenvalue weighted by Gasteiger charge is 2.22. The lowest BCUT2D eigenvalue weighted by Crippen LogP contribution is -2.39. The highest BCUT2D eigenvalue weighted by molar-refractivity contribution is 7.99. The zero-order valence-electron chi connectivity index (χ0n) is 14.6. The first kappa shape index (κ1) is 17.7. The number of carbonyl (C=O) groups excluding carboxylic acids is 1. The highest BCUT2D eigenvalue weighted by atomic mass is 32.2.